The molecule has 0 spiro atoms. The van der Waals surface area contributed by atoms with Crippen molar-refractivity contribution < 1.29 is 9.13 Å². The maximum absolute atomic E-state index is 13.1. The molecular weight excluding hydrogens is 195 g/mol. The summed E-state index contributed by atoms with van der Waals surface area (Å²) in [4.78, 5) is 0. The van der Waals surface area contributed by atoms with Gasteiger partial charge in [-0.25, -0.2) is 4.39 Å². The van der Waals surface area contributed by atoms with Crippen molar-refractivity contribution in [1.82, 2.24) is 0 Å². The van der Waals surface area contributed by atoms with Crippen molar-refractivity contribution in [1.29, 1.82) is 5.26 Å². The molecule has 15 heavy (non-hydrogen) atoms. The first-order valence-corrected chi connectivity index (χ1v) is 4.71. The SMILES string of the molecule is CC(C#N)Oc1cc(F)cc(CCN)c1. The Morgan fingerprint density at radius 2 is 2.27 bits per heavy atom. The molecule has 0 amide bonds. The van der Waals surface area contributed by atoms with Gasteiger partial charge in [-0.3, -0.25) is 0 Å². The number of ether oxygens (including phenoxy) is 1. The van der Waals surface area contributed by atoms with Gasteiger partial charge in [-0.15, -0.1) is 0 Å². The summed E-state index contributed by atoms with van der Waals surface area (Å²) in [7, 11) is 0. The Balaban J connectivity index is 2.84. The van der Waals surface area contributed by atoms with E-state index in [9.17, 15) is 4.39 Å². The molecule has 80 valence electrons. The zero-order chi connectivity index (χ0) is 11.3. The Hall–Kier alpha value is -1.60. The molecule has 0 aliphatic carbocycles. The molecular formula is C11H13FN2O. The van der Waals surface area contributed by atoms with E-state index in [0.717, 1.165) is 5.56 Å². The molecule has 0 aromatic heterocycles. The zero-order valence-corrected chi connectivity index (χ0v) is 8.53. The highest BCUT2D eigenvalue weighted by Gasteiger charge is 2.05. The second-order valence-electron chi connectivity index (χ2n) is 3.22. The van der Waals surface area contributed by atoms with Crippen molar-refractivity contribution in [3.8, 4) is 11.8 Å². The Morgan fingerprint density at radius 1 is 1.53 bits per heavy atom. The standard InChI is InChI=1S/C11H13FN2O/c1-8(7-14)15-11-5-9(2-3-13)4-10(12)6-11/h4-6,8H,2-3,13H2,1H3. The third-order valence-corrected chi connectivity index (χ3v) is 1.86. The van der Waals surface area contributed by atoms with Gasteiger partial charge in [0.15, 0.2) is 6.10 Å². The van der Waals surface area contributed by atoms with Crippen LogP contribution in [0.25, 0.3) is 0 Å². The predicted octanol–water partition coefficient (Wildman–Crippen LogP) is 1.62. The highest BCUT2D eigenvalue weighted by Crippen LogP contribution is 2.17. The average molecular weight is 208 g/mol. The Morgan fingerprint density at radius 3 is 2.87 bits per heavy atom. The minimum Gasteiger partial charge on any atom is -0.476 e. The number of halogens is 1. The second kappa shape index (κ2) is 5.32. The van der Waals surface area contributed by atoms with Crippen LogP contribution in [-0.2, 0) is 6.42 Å². The summed E-state index contributed by atoms with van der Waals surface area (Å²) in [5.74, 6) is -0.00594. The summed E-state index contributed by atoms with van der Waals surface area (Å²) < 4.78 is 18.3. The van der Waals surface area contributed by atoms with Gasteiger partial charge >= 0.3 is 0 Å². The van der Waals surface area contributed by atoms with E-state index in [1.54, 1.807) is 13.0 Å². The lowest BCUT2D eigenvalue weighted by Crippen LogP contribution is -2.09. The molecule has 4 heteroatoms. The van der Waals surface area contributed by atoms with Gasteiger partial charge in [-0.2, -0.15) is 5.26 Å². The van der Waals surface area contributed by atoms with Crippen LogP contribution in [0.1, 0.15) is 12.5 Å². The lowest BCUT2D eigenvalue weighted by Gasteiger charge is -2.09. The first-order chi connectivity index (χ1) is 7.15. The molecule has 1 unspecified atom stereocenters. The number of hydrogen-bond donors (Lipinski definition) is 1. The molecule has 3 nitrogen and oxygen atoms in total. The monoisotopic (exact) mass is 208 g/mol. The molecule has 0 aliphatic heterocycles. The first-order valence-electron chi connectivity index (χ1n) is 4.71. The number of nitrogens with zero attached hydrogens (tertiary/aromatic N) is 1. The maximum Gasteiger partial charge on any atom is 0.181 e. The number of nitrogens with two attached hydrogens (primary N) is 1. The van der Waals surface area contributed by atoms with Crippen LogP contribution in [0.5, 0.6) is 5.75 Å². The van der Waals surface area contributed by atoms with Gasteiger partial charge in [0, 0.05) is 6.07 Å². The average Bonchev–Trinajstić information content (AvgIpc) is 2.17. The summed E-state index contributed by atoms with van der Waals surface area (Å²) in [6.07, 6.45) is 0.00669. The summed E-state index contributed by atoms with van der Waals surface area (Å²) in [5.41, 5.74) is 6.15. The fraction of sp³-hybridized carbons (Fsp3) is 0.364. The third-order valence-electron chi connectivity index (χ3n) is 1.86. The van der Waals surface area contributed by atoms with E-state index in [0.29, 0.717) is 18.7 Å². The fourth-order valence-corrected chi connectivity index (χ4v) is 1.23. The van der Waals surface area contributed by atoms with Crippen molar-refractivity contribution in [3.63, 3.8) is 0 Å². The lowest BCUT2D eigenvalue weighted by atomic mass is 10.1. The minimum atomic E-state index is -0.586. The Labute approximate surface area is 88.3 Å². The Bertz CT molecular complexity index is 373. The van der Waals surface area contributed by atoms with E-state index < -0.39 is 6.10 Å². The van der Waals surface area contributed by atoms with Crippen LogP contribution in [0.3, 0.4) is 0 Å². The van der Waals surface area contributed by atoms with E-state index >= 15 is 0 Å². The van der Waals surface area contributed by atoms with Gasteiger partial charge in [0.25, 0.3) is 0 Å². The summed E-state index contributed by atoms with van der Waals surface area (Å²) in [6, 6.07) is 6.28. The molecule has 0 bridgehead atoms. The van der Waals surface area contributed by atoms with Crippen molar-refractivity contribution in [2.45, 2.75) is 19.4 Å². The fourth-order valence-electron chi connectivity index (χ4n) is 1.23. The van der Waals surface area contributed by atoms with Crippen LogP contribution in [-0.4, -0.2) is 12.6 Å². The molecule has 0 aliphatic rings. The van der Waals surface area contributed by atoms with Gasteiger partial charge in [0.2, 0.25) is 0 Å². The molecule has 0 heterocycles. The predicted molar refractivity (Wildman–Crippen MR) is 54.9 cm³/mol. The quantitative estimate of drug-likeness (QED) is 0.817. The van der Waals surface area contributed by atoms with Crippen LogP contribution >= 0.6 is 0 Å². The van der Waals surface area contributed by atoms with E-state index in [-0.39, 0.29) is 5.82 Å². The second-order valence-corrected chi connectivity index (χ2v) is 3.22. The molecule has 0 radical (unpaired) electrons. The van der Waals surface area contributed by atoms with Gasteiger partial charge in [-0.1, -0.05) is 0 Å². The highest BCUT2D eigenvalue weighted by atomic mass is 19.1. The van der Waals surface area contributed by atoms with Gasteiger partial charge in [0.05, 0.1) is 0 Å². The van der Waals surface area contributed by atoms with E-state index in [4.69, 9.17) is 15.7 Å². The summed E-state index contributed by atoms with van der Waals surface area (Å²) in [5, 5.41) is 8.55. The summed E-state index contributed by atoms with van der Waals surface area (Å²) >= 11 is 0. The number of benzene rings is 1. The lowest BCUT2D eigenvalue weighted by molar-refractivity contribution is 0.275. The molecule has 0 saturated heterocycles. The maximum atomic E-state index is 13.1. The molecule has 1 rings (SSSR count). The molecule has 1 atom stereocenters. The molecule has 0 fully saturated rings. The molecule has 2 N–H and O–H groups in total. The largest absolute Gasteiger partial charge is 0.476 e. The number of hydrogen-bond acceptors (Lipinski definition) is 3. The Kier molecular flexibility index (Phi) is 4.07. The van der Waals surface area contributed by atoms with E-state index in [2.05, 4.69) is 0 Å². The van der Waals surface area contributed by atoms with Crippen molar-refractivity contribution in [2.24, 2.45) is 5.73 Å². The van der Waals surface area contributed by atoms with Crippen LogP contribution in [0.15, 0.2) is 18.2 Å². The highest BCUT2D eigenvalue weighted by molar-refractivity contribution is 5.30. The van der Waals surface area contributed by atoms with Crippen molar-refractivity contribution in [3.05, 3.63) is 29.6 Å². The third kappa shape index (κ3) is 3.56. The molecule has 1 aromatic rings. The van der Waals surface area contributed by atoms with Crippen molar-refractivity contribution >= 4 is 0 Å². The normalized spacial score (nSPS) is 11.9. The van der Waals surface area contributed by atoms with Crippen LogP contribution in [0.4, 0.5) is 4.39 Å². The molecule has 1 aromatic carbocycles. The topological polar surface area (TPSA) is 59.0 Å². The summed E-state index contributed by atoms with van der Waals surface area (Å²) in [6.45, 7) is 2.06. The first kappa shape index (κ1) is 11.5. The molecule has 0 saturated carbocycles. The van der Waals surface area contributed by atoms with Gasteiger partial charge < -0.3 is 10.5 Å². The van der Waals surface area contributed by atoms with Crippen LogP contribution in [0, 0.1) is 17.1 Å². The van der Waals surface area contributed by atoms with Crippen molar-refractivity contribution in [2.75, 3.05) is 6.54 Å². The minimum absolute atomic E-state index is 0.368. The zero-order valence-electron chi connectivity index (χ0n) is 8.53. The number of rotatable bonds is 4. The van der Waals surface area contributed by atoms with Crippen LogP contribution < -0.4 is 10.5 Å². The van der Waals surface area contributed by atoms with Gasteiger partial charge in [0.1, 0.15) is 17.6 Å². The van der Waals surface area contributed by atoms with Gasteiger partial charge in [-0.05, 0) is 37.6 Å². The van der Waals surface area contributed by atoms with E-state index in [1.165, 1.54) is 12.1 Å². The van der Waals surface area contributed by atoms with E-state index in [1.807, 2.05) is 6.07 Å². The number of nitriles is 1. The van der Waals surface area contributed by atoms with Crippen LogP contribution in [0.2, 0.25) is 0 Å². The smallest absolute Gasteiger partial charge is 0.181 e.